The molecule has 0 aliphatic rings. The molecule has 0 spiro atoms. The molecule has 0 aliphatic carbocycles. The van der Waals surface area contributed by atoms with Gasteiger partial charge in [-0.05, 0) is 36.4 Å². The first-order valence-electron chi connectivity index (χ1n) is 5.91. The summed E-state index contributed by atoms with van der Waals surface area (Å²) in [6.07, 6.45) is 0. The minimum atomic E-state index is -0.472. The van der Waals surface area contributed by atoms with Crippen LogP contribution in [0.2, 0.25) is 0 Å². The molecule has 1 aromatic heterocycles. The summed E-state index contributed by atoms with van der Waals surface area (Å²) >= 11 is 0. The van der Waals surface area contributed by atoms with Crippen molar-refractivity contribution in [2.75, 3.05) is 5.73 Å². The zero-order valence-electron chi connectivity index (χ0n) is 10.3. The Morgan fingerprint density at radius 2 is 1.70 bits per heavy atom. The van der Waals surface area contributed by atoms with E-state index in [2.05, 4.69) is 0 Å². The molecular formula is C15H11NO4. The highest BCUT2D eigenvalue weighted by molar-refractivity contribution is 5.87. The molecule has 0 aliphatic heterocycles. The average Bonchev–Trinajstić information content (AvgIpc) is 2.43. The van der Waals surface area contributed by atoms with E-state index in [1.54, 1.807) is 24.3 Å². The van der Waals surface area contributed by atoms with E-state index in [1.807, 2.05) is 0 Å². The minimum Gasteiger partial charge on any atom is -0.504 e. The van der Waals surface area contributed by atoms with Crippen molar-refractivity contribution < 1.29 is 14.6 Å². The second-order valence-corrected chi connectivity index (χ2v) is 4.40. The monoisotopic (exact) mass is 269 g/mol. The fourth-order valence-corrected chi connectivity index (χ4v) is 2.01. The molecule has 5 nitrogen and oxygen atoms in total. The van der Waals surface area contributed by atoms with Crippen molar-refractivity contribution in [2.45, 2.75) is 0 Å². The number of hydrogen-bond donors (Lipinski definition) is 3. The van der Waals surface area contributed by atoms with Gasteiger partial charge in [0.15, 0.2) is 16.9 Å². The summed E-state index contributed by atoms with van der Waals surface area (Å²) in [5.41, 5.74) is 6.70. The van der Waals surface area contributed by atoms with Crippen LogP contribution >= 0.6 is 0 Å². The summed E-state index contributed by atoms with van der Waals surface area (Å²) in [5, 5.41) is 19.1. The predicted molar refractivity (Wildman–Crippen MR) is 75.7 cm³/mol. The molecular weight excluding hydrogens is 258 g/mol. The lowest BCUT2D eigenvalue weighted by Gasteiger charge is -2.05. The van der Waals surface area contributed by atoms with E-state index in [9.17, 15) is 15.0 Å². The lowest BCUT2D eigenvalue weighted by Crippen LogP contribution is -2.00. The van der Waals surface area contributed by atoms with Crippen LogP contribution in [0.5, 0.6) is 11.5 Å². The van der Waals surface area contributed by atoms with E-state index >= 15 is 0 Å². The molecule has 2 aromatic carbocycles. The third-order valence-electron chi connectivity index (χ3n) is 3.04. The Morgan fingerprint density at radius 1 is 1.00 bits per heavy atom. The Morgan fingerprint density at radius 3 is 2.40 bits per heavy atom. The van der Waals surface area contributed by atoms with Crippen LogP contribution in [0, 0.1) is 0 Å². The number of nitrogens with two attached hydrogens (primary N) is 1. The van der Waals surface area contributed by atoms with E-state index in [1.165, 1.54) is 18.2 Å². The molecule has 0 bridgehead atoms. The van der Waals surface area contributed by atoms with Crippen molar-refractivity contribution in [1.82, 2.24) is 0 Å². The number of anilines is 1. The van der Waals surface area contributed by atoms with Gasteiger partial charge in [-0.3, -0.25) is 4.79 Å². The number of hydrogen-bond acceptors (Lipinski definition) is 5. The normalized spacial score (nSPS) is 10.8. The summed E-state index contributed by atoms with van der Waals surface area (Å²) < 4.78 is 5.59. The van der Waals surface area contributed by atoms with Gasteiger partial charge in [0.25, 0.3) is 0 Å². The molecule has 20 heavy (non-hydrogen) atoms. The molecule has 1 heterocycles. The number of phenolic OH excluding ortho intramolecular Hbond substituents is 2. The molecule has 0 atom stereocenters. The van der Waals surface area contributed by atoms with Gasteiger partial charge in [-0.15, -0.1) is 0 Å². The third-order valence-corrected chi connectivity index (χ3v) is 3.04. The van der Waals surface area contributed by atoms with Gasteiger partial charge in [0.2, 0.25) is 0 Å². The Bertz CT molecular complexity index is 850. The smallest absolute Gasteiger partial charge is 0.197 e. The summed E-state index contributed by atoms with van der Waals surface area (Å²) in [6.45, 7) is 0. The number of aromatic hydroxyl groups is 2. The standard InChI is InChI=1S/C15H11NO4/c16-9-3-1-8(2-4-9)13-7-11(18)14-12(20-13)6-5-10(17)15(14)19/h1-7,17,19H,16H2. The molecule has 5 heteroatoms. The van der Waals surface area contributed by atoms with Crippen LogP contribution in [0.15, 0.2) is 51.7 Å². The predicted octanol–water partition coefficient (Wildman–Crippen LogP) is 2.45. The molecule has 0 fully saturated rings. The molecule has 0 saturated heterocycles. The summed E-state index contributed by atoms with van der Waals surface area (Å²) in [5.74, 6) is -0.460. The number of rotatable bonds is 1. The van der Waals surface area contributed by atoms with Gasteiger partial charge in [-0.1, -0.05) is 0 Å². The zero-order valence-corrected chi connectivity index (χ0v) is 10.3. The molecule has 3 rings (SSSR count). The fraction of sp³-hybridized carbons (Fsp3) is 0. The van der Waals surface area contributed by atoms with Crippen molar-refractivity contribution in [1.29, 1.82) is 0 Å². The van der Waals surface area contributed by atoms with Crippen molar-refractivity contribution in [3.8, 4) is 22.8 Å². The fourth-order valence-electron chi connectivity index (χ4n) is 2.01. The van der Waals surface area contributed by atoms with E-state index in [-0.39, 0.29) is 16.7 Å². The van der Waals surface area contributed by atoms with E-state index in [0.29, 0.717) is 17.0 Å². The van der Waals surface area contributed by atoms with Crippen molar-refractivity contribution in [3.63, 3.8) is 0 Å². The highest BCUT2D eigenvalue weighted by atomic mass is 16.3. The van der Waals surface area contributed by atoms with Gasteiger partial charge >= 0.3 is 0 Å². The Balaban J connectivity index is 2.28. The second kappa shape index (κ2) is 4.31. The van der Waals surface area contributed by atoms with Crippen LogP contribution < -0.4 is 11.2 Å². The number of fused-ring (bicyclic) bond motifs is 1. The van der Waals surface area contributed by atoms with E-state index in [0.717, 1.165) is 0 Å². The highest BCUT2D eigenvalue weighted by Gasteiger charge is 2.13. The van der Waals surface area contributed by atoms with Gasteiger partial charge in [-0.2, -0.15) is 0 Å². The Hall–Kier alpha value is -2.95. The maximum Gasteiger partial charge on any atom is 0.197 e. The van der Waals surface area contributed by atoms with Gasteiger partial charge < -0.3 is 20.4 Å². The van der Waals surface area contributed by atoms with Crippen LogP contribution in [0.25, 0.3) is 22.3 Å². The first kappa shape index (κ1) is 12.1. The van der Waals surface area contributed by atoms with E-state index in [4.69, 9.17) is 10.2 Å². The molecule has 0 amide bonds. The summed E-state index contributed by atoms with van der Waals surface area (Å²) in [4.78, 5) is 12.1. The largest absolute Gasteiger partial charge is 0.504 e. The lowest BCUT2D eigenvalue weighted by atomic mass is 10.1. The molecule has 4 N–H and O–H groups in total. The zero-order chi connectivity index (χ0) is 14.3. The molecule has 100 valence electrons. The topological polar surface area (TPSA) is 96.7 Å². The quantitative estimate of drug-likeness (QED) is 0.465. The molecule has 3 aromatic rings. The number of benzene rings is 2. The molecule has 0 saturated carbocycles. The summed E-state index contributed by atoms with van der Waals surface area (Å²) in [6, 6.07) is 10.9. The Kier molecular flexibility index (Phi) is 2.61. The van der Waals surface area contributed by atoms with Crippen molar-refractivity contribution in [3.05, 3.63) is 52.7 Å². The first-order chi connectivity index (χ1) is 9.56. The van der Waals surface area contributed by atoms with Crippen LogP contribution in [0.3, 0.4) is 0 Å². The first-order valence-corrected chi connectivity index (χ1v) is 5.91. The molecule has 0 radical (unpaired) electrons. The minimum absolute atomic E-state index is 0.0378. The Labute approximate surface area is 113 Å². The van der Waals surface area contributed by atoms with Crippen LogP contribution in [0.1, 0.15) is 0 Å². The van der Waals surface area contributed by atoms with Gasteiger partial charge in [0, 0.05) is 17.3 Å². The SMILES string of the molecule is Nc1ccc(-c2cc(=O)c3c(O)c(O)ccc3o2)cc1. The maximum absolute atomic E-state index is 12.1. The van der Waals surface area contributed by atoms with Gasteiger partial charge in [0.05, 0.1) is 0 Å². The number of nitrogen functional groups attached to an aromatic ring is 1. The lowest BCUT2D eigenvalue weighted by molar-refractivity contribution is 0.407. The van der Waals surface area contributed by atoms with Crippen molar-refractivity contribution in [2.24, 2.45) is 0 Å². The highest BCUT2D eigenvalue weighted by Crippen LogP contribution is 2.33. The third kappa shape index (κ3) is 1.85. The van der Waals surface area contributed by atoms with Crippen LogP contribution in [-0.2, 0) is 0 Å². The van der Waals surface area contributed by atoms with Gasteiger partial charge in [-0.25, -0.2) is 0 Å². The van der Waals surface area contributed by atoms with Gasteiger partial charge in [0.1, 0.15) is 16.7 Å². The summed E-state index contributed by atoms with van der Waals surface area (Å²) in [7, 11) is 0. The van der Waals surface area contributed by atoms with Crippen molar-refractivity contribution >= 4 is 16.7 Å². The number of phenols is 2. The maximum atomic E-state index is 12.1. The second-order valence-electron chi connectivity index (χ2n) is 4.40. The van der Waals surface area contributed by atoms with Crippen LogP contribution in [-0.4, -0.2) is 10.2 Å². The van der Waals surface area contributed by atoms with Crippen LogP contribution in [0.4, 0.5) is 5.69 Å². The molecule has 0 unspecified atom stereocenters. The average molecular weight is 269 g/mol. The van der Waals surface area contributed by atoms with E-state index < -0.39 is 11.2 Å².